The SMILES string of the molecule is O=C(c1cccc([N+](=O)[O-])c1)C(O)Nc1ccc([N+](=O)[O-])cc1Cl. The number of nitro benzene ring substituents is 2. The lowest BCUT2D eigenvalue weighted by Gasteiger charge is -2.14. The number of anilines is 1. The van der Waals surface area contributed by atoms with Gasteiger partial charge in [0.25, 0.3) is 11.4 Å². The van der Waals surface area contributed by atoms with Gasteiger partial charge in [-0.15, -0.1) is 0 Å². The summed E-state index contributed by atoms with van der Waals surface area (Å²) in [7, 11) is 0. The van der Waals surface area contributed by atoms with Gasteiger partial charge in [-0.25, -0.2) is 0 Å². The van der Waals surface area contributed by atoms with E-state index in [-0.39, 0.29) is 27.6 Å². The van der Waals surface area contributed by atoms with Crippen LogP contribution in [-0.4, -0.2) is 27.0 Å². The van der Waals surface area contributed by atoms with Crippen LogP contribution in [0.25, 0.3) is 0 Å². The molecule has 0 bridgehead atoms. The summed E-state index contributed by atoms with van der Waals surface area (Å²) in [6.07, 6.45) is -1.73. The van der Waals surface area contributed by atoms with E-state index < -0.39 is 21.9 Å². The first kappa shape index (κ1) is 17.3. The zero-order chi connectivity index (χ0) is 17.9. The number of Topliss-reactive ketones (excluding diaryl/α,β-unsaturated/α-hetero) is 1. The second-order valence-electron chi connectivity index (χ2n) is 4.64. The van der Waals surface area contributed by atoms with E-state index >= 15 is 0 Å². The van der Waals surface area contributed by atoms with E-state index in [2.05, 4.69) is 5.32 Å². The molecule has 2 N–H and O–H groups in total. The van der Waals surface area contributed by atoms with Gasteiger partial charge < -0.3 is 10.4 Å². The molecular formula is C14H10ClN3O6. The first-order chi connectivity index (χ1) is 11.3. The van der Waals surface area contributed by atoms with Gasteiger partial charge in [0.2, 0.25) is 5.78 Å². The molecule has 0 saturated carbocycles. The van der Waals surface area contributed by atoms with Crippen LogP contribution in [0.5, 0.6) is 0 Å². The van der Waals surface area contributed by atoms with Crippen LogP contribution in [0.15, 0.2) is 42.5 Å². The minimum atomic E-state index is -1.73. The minimum absolute atomic E-state index is 0.0601. The van der Waals surface area contributed by atoms with Gasteiger partial charge in [-0.2, -0.15) is 0 Å². The molecule has 0 aromatic heterocycles. The van der Waals surface area contributed by atoms with Crippen molar-refractivity contribution in [3.05, 3.63) is 73.3 Å². The molecule has 10 heteroatoms. The zero-order valence-corrected chi connectivity index (χ0v) is 12.6. The largest absolute Gasteiger partial charge is 0.367 e. The smallest absolute Gasteiger partial charge is 0.271 e. The predicted molar refractivity (Wildman–Crippen MR) is 85.2 cm³/mol. The molecule has 1 unspecified atom stereocenters. The van der Waals surface area contributed by atoms with Crippen LogP contribution in [0.1, 0.15) is 10.4 Å². The van der Waals surface area contributed by atoms with Crippen molar-refractivity contribution in [3.63, 3.8) is 0 Å². The van der Waals surface area contributed by atoms with Gasteiger partial charge in [0.1, 0.15) is 0 Å². The van der Waals surface area contributed by atoms with Gasteiger partial charge in [-0.3, -0.25) is 25.0 Å². The van der Waals surface area contributed by atoms with Crippen LogP contribution >= 0.6 is 11.6 Å². The molecule has 1 atom stereocenters. The Kier molecular flexibility index (Phi) is 5.07. The van der Waals surface area contributed by atoms with Crippen LogP contribution in [0, 0.1) is 20.2 Å². The summed E-state index contributed by atoms with van der Waals surface area (Å²) >= 11 is 5.86. The lowest BCUT2D eigenvalue weighted by atomic mass is 10.1. The van der Waals surface area contributed by atoms with Crippen LogP contribution in [0.2, 0.25) is 5.02 Å². The molecule has 0 radical (unpaired) electrons. The van der Waals surface area contributed by atoms with E-state index in [0.29, 0.717) is 0 Å². The van der Waals surface area contributed by atoms with E-state index in [1.807, 2.05) is 0 Å². The van der Waals surface area contributed by atoms with Crippen molar-refractivity contribution < 1.29 is 19.7 Å². The zero-order valence-electron chi connectivity index (χ0n) is 11.9. The topological polar surface area (TPSA) is 136 Å². The molecule has 2 aromatic carbocycles. The van der Waals surface area contributed by atoms with Crippen molar-refractivity contribution in [1.82, 2.24) is 0 Å². The first-order valence-corrected chi connectivity index (χ1v) is 6.84. The van der Waals surface area contributed by atoms with Gasteiger partial charge in [-0.1, -0.05) is 23.7 Å². The second-order valence-corrected chi connectivity index (χ2v) is 5.05. The van der Waals surface area contributed by atoms with E-state index in [9.17, 15) is 30.1 Å². The molecule has 0 fully saturated rings. The summed E-state index contributed by atoms with van der Waals surface area (Å²) in [6, 6.07) is 8.33. The monoisotopic (exact) mass is 351 g/mol. The standard InChI is InChI=1S/C14H10ClN3O6/c15-11-7-10(18(23)24)4-5-12(11)16-14(20)13(19)8-2-1-3-9(6-8)17(21)22/h1-7,14,16,20H. The van der Waals surface area contributed by atoms with Crippen molar-refractivity contribution in [2.24, 2.45) is 0 Å². The number of nitrogens with one attached hydrogen (secondary N) is 1. The van der Waals surface area contributed by atoms with Gasteiger partial charge in [0, 0.05) is 29.8 Å². The van der Waals surface area contributed by atoms with Gasteiger partial charge >= 0.3 is 0 Å². The normalized spacial score (nSPS) is 11.6. The highest BCUT2D eigenvalue weighted by molar-refractivity contribution is 6.33. The summed E-state index contributed by atoms with van der Waals surface area (Å²) in [5.74, 6) is -0.812. The molecule has 0 amide bonds. The maximum absolute atomic E-state index is 12.1. The maximum Gasteiger partial charge on any atom is 0.271 e. The van der Waals surface area contributed by atoms with Crippen molar-refractivity contribution >= 4 is 34.4 Å². The van der Waals surface area contributed by atoms with Gasteiger partial charge in [0.15, 0.2) is 6.23 Å². The second kappa shape index (κ2) is 7.02. The Morgan fingerprint density at radius 3 is 2.29 bits per heavy atom. The Morgan fingerprint density at radius 1 is 1.08 bits per heavy atom. The third-order valence-corrected chi connectivity index (χ3v) is 3.36. The molecule has 0 heterocycles. The molecular weight excluding hydrogens is 342 g/mol. The summed E-state index contributed by atoms with van der Waals surface area (Å²) < 4.78 is 0. The lowest BCUT2D eigenvalue weighted by molar-refractivity contribution is -0.385. The predicted octanol–water partition coefficient (Wildman–Crippen LogP) is 2.77. The third kappa shape index (κ3) is 3.83. The molecule has 0 aliphatic heterocycles. The van der Waals surface area contributed by atoms with Crippen LogP contribution in [0.3, 0.4) is 0 Å². The van der Waals surface area contributed by atoms with Crippen molar-refractivity contribution in [2.75, 3.05) is 5.32 Å². The molecule has 0 spiro atoms. The molecule has 0 aliphatic rings. The van der Waals surface area contributed by atoms with E-state index in [1.165, 1.54) is 24.3 Å². The van der Waals surface area contributed by atoms with Crippen LogP contribution < -0.4 is 5.32 Å². The van der Waals surface area contributed by atoms with Gasteiger partial charge in [0.05, 0.1) is 20.6 Å². The lowest BCUT2D eigenvalue weighted by Crippen LogP contribution is -2.29. The molecule has 0 aliphatic carbocycles. The Morgan fingerprint density at radius 2 is 1.71 bits per heavy atom. The Hall–Kier alpha value is -3.04. The number of hydrogen-bond acceptors (Lipinski definition) is 7. The number of carbonyl (C=O) groups is 1. The van der Waals surface area contributed by atoms with Crippen molar-refractivity contribution in [2.45, 2.75) is 6.23 Å². The number of aliphatic hydroxyl groups excluding tert-OH is 1. The average molecular weight is 352 g/mol. The number of rotatable bonds is 6. The van der Waals surface area contributed by atoms with Crippen molar-refractivity contribution in [1.29, 1.82) is 0 Å². The summed E-state index contributed by atoms with van der Waals surface area (Å²) in [5, 5.41) is 33.6. The third-order valence-electron chi connectivity index (χ3n) is 3.05. The molecule has 24 heavy (non-hydrogen) atoms. The summed E-state index contributed by atoms with van der Waals surface area (Å²) in [5.41, 5.74) is -0.498. The molecule has 2 rings (SSSR count). The number of nitro groups is 2. The number of benzene rings is 2. The maximum atomic E-state index is 12.1. The molecule has 2 aromatic rings. The number of nitrogens with zero attached hydrogens (tertiary/aromatic N) is 2. The van der Waals surface area contributed by atoms with E-state index in [4.69, 9.17) is 11.6 Å². The number of non-ortho nitro benzene ring substituents is 2. The Balaban J connectivity index is 2.19. The molecule has 0 saturated heterocycles. The number of ketones is 1. The summed E-state index contributed by atoms with van der Waals surface area (Å²) in [4.78, 5) is 32.2. The highest BCUT2D eigenvalue weighted by Gasteiger charge is 2.20. The highest BCUT2D eigenvalue weighted by Crippen LogP contribution is 2.27. The fraction of sp³-hybridized carbons (Fsp3) is 0.0714. The average Bonchev–Trinajstić information content (AvgIpc) is 2.55. The van der Waals surface area contributed by atoms with Crippen LogP contribution in [0.4, 0.5) is 17.1 Å². The number of carbonyl (C=O) groups excluding carboxylic acids is 1. The quantitative estimate of drug-likeness (QED) is 0.353. The Bertz CT molecular complexity index is 826. The number of hydrogen-bond donors (Lipinski definition) is 2. The number of aliphatic hydroxyl groups is 1. The Labute approximate surface area is 139 Å². The summed E-state index contributed by atoms with van der Waals surface area (Å²) in [6.45, 7) is 0. The fourth-order valence-electron chi connectivity index (χ4n) is 1.88. The van der Waals surface area contributed by atoms with Gasteiger partial charge in [-0.05, 0) is 6.07 Å². The van der Waals surface area contributed by atoms with Crippen molar-refractivity contribution in [3.8, 4) is 0 Å². The highest BCUT2D eigenvalue weighted by atomic mass is 35.5. The van der Waals surface area contributed by atoms with E-state index in [1.54, 1.807) is 0 Å². The fourth-order valence-corrected chi connectivity index (χ4v) is 2.11. The molecule has 124 valence electrons. The minimum Gasteiger partial charge on any atom is -0.367 e. The van der Waals surface area contributed by atoms with E-state index in [0.717, 1.165) is 18.2 Å². The van der Waals surface area contributed by atoms with Crippen LogP contribution in [-0.2, 0) is 0 Å². The number of halogens is 1. The molecule has 9 nitrogen and oxygen atoms in total. The first-order valence-electron chi connectivity index (χ1n) is 6.47.